The molecule has 0 fully saturated rings. The topological polar surface area (TPSA) is 111 Å². The van der Waals surface area contributed by atoms with Crippen molar-refractivity contribution in [2.24, 2.45) is 5.10 Å². The van der Waals surface area contributed by atoms with Gasteiger partial charge in [-0.1, -0.05) is 48.2 Å². The van der Waals surface area contributed by atoms with Gasteiger partial charge in [-0.25, -0.2) is 9.40 Å². The number of amides is 2. The van der Waals surface area contributed by atoms with Crippen LogP contribution >= 0.6 is 23.1 Å². The lowest BCUT2D eigenvalue weighted by Gasteiger charge is -2.22. The zero-order chi connectivity index (χ0) is 31.9. The standard InChI is InChI=1S/C33H29FN6O4S2/c1-43-25-15-9-22(10-16-25)28-18-27(29-8-5-17-45-29)38-40(28)32(42)21-46-33-37-36-30(39(33)24-13-11-23(34)12-14-24)19-35-31(41)20-44-26-6-3-2-4-7-26/h2-17,28H,18-21H2,1H3,(H,35,41)/t28-/m1/s1. The Labute approximate surface area is 272 Å². The third kappa shape index (κ3) is 7.27. The average molecular weight is 657 g/mol. The maximum Gasteiger partial charge on any atom is 0.258 e. The molecule has 3 aromatic carbocycles. The summed E-state index contributed by atoms with van der Waals surface area (Å²) in [4.78, 5) is 27.3. The van der Waals surface area contributed by atoms with Crippen LogP contribution in [0.5, 0.6) is 11.5 Å². The first kappa shape index (κ1) is 31.0. The lowest BCUT2D eigenvalue weighted by Crippen LogP contribution is -2.29. The van der Waals surface area contributed by atoms with Gasteiger partial charge in [0.25, 0.3) is 11.8 Å². The Morgan fingerprint density at radius 3 is 2.48 bits per heavy atom. The Bertz CT molecular complexity index is 1810. The lowest BCUT2D eigenvalue weighted by atomic mass is 10.0. The Balaban J connectivity index is 1.18. The number of benzene rings is 3. The quantitative estimate of drug-likeness (QED) is 0.173. The third-order valence-electron chi connectivity index (χ3n) is 7.14. The van der Waals surface area contributed by atoms with Crippen LogP contribution in [0.3, 0.4) is 0 Å². The van der Waals surface area contributed by atoms with Crippen molar-refractivity contribution in [1.29, 1.82) is 0 Å². The minimum Gasteiger partial charge on any atom is -0.497 e. The van der Waals surface area contributed by atoms with Gasteiger partial charge in [-0.05, 0) is 65.5 Å². The molecule has 0 unspecified atom stereocenters. The number of methoxy groups -OCH3 is 1. The number of halogens is 1. The summed E-state index contributed by atoms with van der Waals surface area (Å²) in [6, 6.07) is 26.2. The van der Waals surface area contributed by atoms with Crippen LogP contribution in [0.15, 0.2) is 107 Å². The van der Waals surface area contributed by atoms with E-state index in [4.69, 9.17) is 14.6 Å². The molecule has 2 amide bonds. The summed E-state index contributed by atoms with van der Waals surface area (Å²) < 4.78 is 26.3. The highest BCUT2D eigenvalue weighted by molar-refractivity contribution is 7.99. The van der Waals surface area contributed by atoms with E-state index < -0.39 is 5.82 Å². The van der Waals surface area contributed by atoms with Gasteiger partial charge in [-0.2, -0.15) is 5.10 Å². The molecule has 6 rings (SSSR count). The molecule has 234 valence electrons. The normalized spacial score (nSPS) is 14.2. The van der Waals surface area contributed by atoms with Gasteiger partial charge in [0, 0.05) is 12.1 Å². The van der Waals surface area contributed by atoms with Crippen LogP contribution in [0.25, 0.3) is 5.69 Å². The maximum atomic E-state index is 13.8. The van der Waals surface area contributed by atoms with E-state index in [2.05, 4.69) is 15.5 Å². The fraction of sp³-hybridized carbons (Fsp3) is 0.182. The molecule has 0 radical (unpaired) electrons. The first-order chi connectivity index (χ1) is 22.5. The highest BCUT2D eigenvalue weighted by atomic mass is 32.2. The number of nitrogens with zero attached hydrogens (tertiary/aromatic N) is 5. The van der Waals surface area contributed by atoms with E-state index in [1.54, 1.807) is 47.3 Å². The molecule has 1 atom stereocenters. The zero-order valence-electron chi connectivity index (χ0n) is 24.7. The van der Waals surface area contributed by atoms with Crippen molar-refractivity contribution in [3.05, 3.63) is 118 Å². The monoisotopic (exact) mass is 656 g/mol. The number of nitrogens with one attached hydrogen (secondary N) is 1. The van der Waals surface area contributed by atoms with Crippen LogP contribution < -0.4 is 14.8 Å². The molecule has 46 heavy (non-hydrogen) atoms. The minimum absolute atomic E-state index is 0.0183. The Morgan fingerprint density at radius 2 is 1.76 bits per heavy atom. The highest BCUT2D eigenvalue weighted by Crippen LogP contribution is 2.35. The first-order valence-electron chi connectivity index (χ1n) is 14.3. The number of hydrogen-bond acceptors (Lipinski definition) is 9. The number of rotatable bonds is 12. The van der Waals surface area contributed by atoms with Crippen molar-refractivity contribution in [1.82, 2.24) is 25.1 Å². The second-order valence-electron chi connectivity index (χ2n) is 10.1. The number of ether oxygens (including phenoxy) is 2. The molecular weight excluding hydrogens is 628 g/mol. The van der Waals surface area contributed by atoms with Crippen molar-refractivity contribution >= 4 is 40.6 Å². The number of thiophene rings is 1. The van der Waals surface area contributed by atoms with Gasteiger partial charge in [0.05, 0.1) is 36.0 Å². The summed E-state index contributed by atoms with van der Waals surface area (Å²) in [6.45, 7) is -0.139. The summed E-state index contributed by atoms with van der Waals surface area (Å²) in [5, 5.41) is 20.1. The smallest absolute Gasteiger partial charge is 0.258 e. The van der Waals surface area contributed by atoms with Gasteiger partial charge in [-0.15, -0.1) is 21.5 Å². The molecular formula is C33H29FN6O4S2. The van der Waals surface area contributed by atoms with Crippen LogP contribution in [0.2, 0.25) is 0 Å². The molecule has 0 aliphatic carbocycles. The average Bonchev–Trinajstić information content (AvgIpc) is 3.87. The number of hydrogen-bond donors (Lipinski definition) is 1. The van der Waals surface area contributed by atoms with Crippen molar-refractivity contribution < 1.29 is 23.5 Å². The summed E-state index contributed by atoms with van der Waals surface area (Å²) in [5.41, 5.74) is 2.37. The third-order valence-corrected chi connectivity index (χ3v) is 8.97. The van der Waals surface area contributed by atoms with E-state index in [1.807, 2.05) is 60.0 Å². The molecule has 1 N–H and O–H groups in total. The van der Waals surface area contributed by atoms with Gasteiger partial charge in [0.1, 0.15) is 17.3 Å². The van der Waals surface area contributed by atoms with Gasteiger partial charge < -0.3 is 14.8 Å². The van der Waals surface area contributed by atoms with Gasteiger partial charge in [0.2, 0.25) is 0 Å². The lowest BCUT2D eigenvalue weighted by molar-refractivity contribution is -0.130. The Hall–Kier alpha value is -5.01. The largest absolute Gasteiger partial charge is 0.497 e. The maximum absolute atomic E-state index is 13.8. The van der Waals surface area contributed by atoms with Gasteiger partial charge in [0.15, 0.2) is 17.6 Å². The Morgan fingerprint density at radius 1 is 0.978 bits per heavy atom. The van der Waals surface area contributed by atoms with Crippen LogP contribution in [0.1, 0.15) is 28.7 Å². The molecule has 1 aliphatic heterocycles. The number of hydrazone groups is 1. The highest BCUT2D eigenvalue weighted by Gasteiger charge is 2.33. The molecule has 2 aromatic heterocycles. The van der Waals surface area contributed by atoms with E-state index >= 15 is 0 Å². The fourth-order valence-corrected chi connectivity index (χ4v) is 6.41. The van der Waals surface area contributed by atoms with E-state index in [1.165, 1.54) is 28.9 Å². The predicted molar refractivity (Wildman–Crippen MR) is 174 cm³/mol. The van der Waals surface area contributed by atoms with Crippen molar-refractivity contribution in [3.8, 4) is 17.2 Å². The van der Waals surface area contributed by atoms with E-state index in [-0.39, 0.29) is 36.8 Å². The molecule has 0 bridgehead atoms. The molecule has 1 aliphatic rings. The summed E-state index contributed by atoms with van der Waals surface area (Å²) >= 11 is 2.77. The predicted octanol–water partition coefficient (Wildman–Crippen LogP) is 5.64. The number of carbonyl (C=O) groups is 2. The number of carbonyl (C=O) groups excluding carboxylic acids is 2. The molecule has 5 aromatic rings. The van der Waals surface area contributed by atoms with Gasteiger partial charge in [-0.3, -0.25) is 14.2 Å². The number of aromatic nitrogens is 3. The fourth-order valence-electron chi connectivity index (χ4n) is 4.86. The minimum atomic E-state index is -0.396. The number of thioether (sulfide) groups is 1. The number of para-hydroxylation sites is 1. The van der Waals surface area contributed by atoms with E-state index in [0.717, 1.165) is 21.9 Å². The molecule has 10 nitrogen and oxygen atoms in total. The van der Waals surface area contributed by atoms with Crippen molar-refractivity contribution in [3.63, 3.8) is 0 Å². The summed E-state index contributed by atoms with van der Waals surface area (Å²) in [6.07, 6.45) is 0.576. The van der Waals surface area contributed by atoms with Gasteiger partial charge >= 0.3 is 0 Å². The molecule has 13 heteroatoms. The van der Waals surface area contributed by atoms with Crippen LogP contribution in [0, 0.1) is 5.82 Å². The summed E-state index contributed by atoms with van der Waals surface area (Å²) in [7, 11) is 1.61. The van der Waals surface area contributed by atoms with Crippen LogP contribution in [-0.2, 0) is 16.1 Å². The Kier molecular flexibility index (Phi) is 9.70. The second-order valence-corrected chi connectivity index (χ2v) is 12.0. The molecule has 0 spiro atoms. The first-order valence-corrected chi connectivity index (χ1v) is 16.2. The molecule has 0 saturated heterocycles. The SMILES string of the molecule is COc1ccc([C@H]2CC(c3cccs3)=NN2C(=O)CSc2nnc(CNC(=O)COc3ccccc3)n2-c2ccc(F)cc2)cc1. The van der Waals surface area contributed by atoms with E-state index in [0.29, 0.717) is 28.8 Å². The van der Waals surface area contributed by atoms with E-state index in [9.17, 15) is 14.0 Å². The van der Waals surface area contributed by atoms with Crippen molar-refractivity contribution in [2.45, 2.75) is 24.2 Å². The summed E-state index contributed by atoms with van der Waals surface area (Å²) in [5.74, 6) is 0.778. The second kappa shape index (κ2) is 14.4. The van der Waals surface area contributed by atoms with Crippen LogP contribution in [0.4, 0.5) is 4.39 Å². The van der Waals surface area contributed by atoms with Crippen LogP contribution in [-0.4, -0.2) is 56.8 Å². The molecule has 3 heterocycles. The zero-order valence-corrected chi connectivity index (χ0v) is 26.3. The van der Waals surface area contributed by atoms with Crippen molar-refractivity contribution in [2.75, 3.05) is 19.5 Å². The molecule has 0 saturated carbocycles.